The van der Waals surface area contributed by atoms with E-state index >= 15 is 0 Å². The van der Waals surface area contributed by atoms with Crippen molar-refractivity contribution in [1.29, 1.82) is 0 Å². The highest BCUT2D eigenvalue weighted by molar-refractivity contribution is 6.07. The predicted molar refractivity (Wildman–Crippen MR) is 137 cm³/mol. The van der Waals surface area contributed by atoms with Crippen LogP contribution in [0, 0.1) is 5.92 Å². The topological polar surface area (TPSA) is 69.3 Å². The van der Waals surface area contributed by atoms with Crippen LogP contribution in [0.25, 0.3) is 21.8 Å². The molecule has 0 radical (unpaired) electrons. The van der Waals surface area contributed by atoms with Crippen molar-refractivity contribution in [3.63, 3.8) is 0 Å². The van der Waals surface area contributed by atoms with E-state index in [2.05, 4.69) is 22.2 Å². The minimum Gasteiger partial charge on any atom is -0.346 e. The molecule has 6 nitrogen and oxygen atoms in total. The molecule has 6 heteroatoms. The lowest BCUT2D eigenvalue weighted by atomic mass is 9.88. The molecule has 0 spiro atoms. The summed E-state index contributed by atoms with van der Waals surface area (Å²) in [6, 6.07) is 18.0. The summed E-state index contributed by atoms with van der Waals surface area (Å²) in [4.78, 5) is 38.5. The number of fused-ring (bicyclic) bond motifs is 2. The van der Waals surface area contributed by atoms with Crippen LogP contribution in [0.3, 0.4) is 0 Å². The van der Waals surface area contributed by atoms with E-state index in [0.717, 1.165) is 60.8 Å². The van der Waals surface area contributed by atoms with E-state index in [1.807, 2.05) is 64.5 Å². The van der Waals surface area contributed by atoms with Gasteiger partial charge in [-0.25, -0.2) is 4.98 Å². The normalized spacial score (nSPS) is 19.4. The molecule has 2 aliphatic rings. The van der Waals surface area contributed by atoms with Crippen molar-refractivity contribution in [2.75, 3.05) is 26.2 Å². The van der Waals surface area contributed by atoms with Crippen molar-refractivity contribution >= 4 is 33.6 Å². The molecule has 0 bridgehead atoms. The lowest BCUT2D eigenvalue weighted by Crippen LogP contribution is -2.48. The van der Waals surface area contributed by atoms with E-state index in [0.29, 0.717) is 19.0 Å². The van der Waals surface area contributed by atoms with Gasteiger partial charge in [0.15, 0.2) is 0 Å². The van der Waals surface area contributed by atoms with Crippen molar-refractivity contribution < 1.29 is 9.59 Å². The first kappa shape index (κ1) is 21.8. The SMILES string of the molecule is O=C(c1cccc2ccccc12)N1CCCC(C(=O)N2CCC(c3c[nH]c4ncccc34)CC2)C1. The number of pyridine rings is 1. The van der Waals surface area contributed by atoms with Gasteiger partial charge in [-0.05, 0) is 66.1 Å². The Morgan fingerprint density at radius 2 is 1.66 bits per heavy atom. The molecule has 0 saturated carbocycles. The molecule has 1 atom stereocenters. The van der Waals surface area contributed by atoms with Gasteiger partial charge in [-0.3, -0.25) is 9.59 Å². The number of aromatic nitrogens is 2. The van der Waals surface area contributed by atoms with Gasteiger partial charge in [-0.15, -0.1) is 0 Å². The lowest BCUT2D eigenvalue weighted by molar-refractivity contribution is -0.138. The number of amides is 2. The van der Waals surface area contributed by atoms with Crippen molar-refractivity contribution in [2.45, 2.75) is 31.6 Å². The second-order valence-electron chi connectivity index (χ2n) is 9.86. The highest BCUT2D eigenvalue weighted by atomic mass is 16.2. The van der Waals surface area contributed by atoms with Crippen LogP contribution < -0.4 is 0 Å². The number of nitrogens with zero attached hydrogens (tertiary/aromatic N) is 3. The molecule has 2 saturated heterocycles. The Hall–Kier alpha value is -3.67. The minimum atomic E-state index is -0.114. The fourth-order valence-corrected chi connectivity index (χ4v) is 5.93. The summed E-state index contributed by atoms with van der Waals surface area (Å²) in [5, 5.41) is 3.23. The summed E-state index contributed by atoms with van der Waals surface area (Å²) in [5.41, 5.74) is 2.97. The van der Waals surface area contributed by atoms with Crippen LogP contribution in [0.1, 0.15) is 47.5 Å². The van der Waals surface area contributed by atoms with Crippen molar-refractivity contribution in [3.05, 3.63) is 78.1 Å². The minimum absolute atomic E-state index is 0.0333. The van der Waals surface area contributed by atoms with E-state index in [4.69, 9.17) is 0 Å². The number of piperidine rings is 2. The first-order valence-electron chi connectivity index (χ1n) is 12.7. The maximum atomic E-state index is 13.4. The van der Waals surface area contributed by atoms with Gasteiger partial charge in [0.05, 0.1) is 5.92 Å². The van der Waals surface area contributed by atoms with Crippen molar-refractivity contribution in [1.82, 2.24) is 19.8 Å². The van der Waals surface area contributed by atoms with Crippen LogP contribution in [0.2, 0.25) is 0 Å². The van der Waals surface area contributed by atoms with E-state index in [1.54, 1.807) is 0 Å². The quantitative estimate of drug-likeness (QED) is 0.463. The van der Waals surface area contributed by atoms with E-state index < -0.39 is 0 Å². The molecule has 1 unspecified atom stereocenters. The first-order valence-corrected chi connectivity index (χ1v) is 12.7. The first-order chi connectivity index (χ1) is 17.2. The van der Waals surface area contributed by atoms with E-state index in [1.165, 1.54) is 10.9 Å². The molecule has 2 aliphatic heterocycles. The van der Waals surface area contributed by atoms with Crippen LogP contribution in [0.15, 0.2) is 67.0 Å². The van der Waals surface area contributed by atoms with Gasteiger partial charge in [-0.2, -0.15) is 0 Å². The number of carbonyl (C=O) groups is 2. The summed E-state index contributed by atoms with van der Waals surface area (Å²) >= 11 is 0. The van der Waals surface area contributed by atoms with Gasteiger partial charge in [0.2, 0.25) is 5.91 Å². The molecule has 4 heterocycles. The summed E-state index contributed by atoms with van der Waals surface area (Å²) in [7, 11) is 0. The third kappa shape index (κ3) is 4.07. The second-order valence-corrected chi connectivity index (χ2v) is 9.86. The van der Waals surface area contributed by atoms with E-state index in [-0.39, 0.29) is 17.7 Å². The molecule has 1 N–H and O–H groups in total. The largest absolute Gasteiger partial charge is 0.346 e. The number of rotatable bonds is 3. The van der Waals surface area contributed by atoms with Gasteiger partial charge in [0, 0.05) is 49.5 Å². The molecule has 0 aliphatic carbocycles. The molecule has 178 valence electrons. The van der Waals surface area contributed by atoms with Crippen LogP contribution >= 0.6 is 0 Å². The zero-order valence-electron chi connectivity index (χ0n) is 19.8. The second kappa shape index (κ2) is 9.17. The summed E-state index contributed by atoms with van der Waals surface area (Å²) in [6.07, 6.45) is 7.52. The smallest absolute Gasteiger partial charge is 0.254 e. The molecule has 35 heavy (non-hydrogen) atoms. The van der Waals surface area contributed by atoms with Crippen molar-refractivity contribution in [3.8, 4) is 0 Å². The summed E-state index contributed by atoms with van der Waals surface area (Å²) in [6.45, 7) is 2.76. The third-order valence-corrected chi connectivity index (χ3v) is 7.81. The Bertz CT molecular complexity index is 1380. The third-order valence-electron chi connectivity index (χ3n) is 7.81. The van der Waals surface area contributed by atoms with Crippen LogP contribution in [0.4, 0.5) is 0 Å². The Kier molecular flexibility index (Phi) is 5.72. The Labute approximate surface area is 204 Å². The average molecular weight is 467 g/mol. The number of nitrogens with one attached hydrogen (secondary N) is 1. The standard InChI is InChI=1S/C29H30N4O2/c34-28(32-16-12-21(13-17-32)26-18-31-27-24(26)11-4-14-30-27)22-8-5-15-33(19-22)29(35)25-10-3-7-20-6-1-2-9-23(20)25/h1-4,6-7,9-11,14,18,21-22H,5,8,12-13,15-17,19H2,(H,30,31). The summed E-state index contributed by atoms with van der Waals surface area (Å²) in [5.74, 6) is 0.565. The molecule has 2 amide bonds. The Balaban J connectivity index is 1.12. The Morgan fingerprint density at radius 1 is 0.857 bits per heavy atom. The van der Waals surface area contributed by atoms with Gasteiger partial charge < -0.3 is 14.8 Å². The molecule has 2 aromatic carbocycles. The van der Waals surface area contributed by atoms with E-state index in [9.17, 15) is 9.59 Å². The zero-order valence-corrected chi connectivity index (χ0v) is 19.8. The molecular weight excluding hydrogens is 436 g/mol. The van der Waals surface area contributed by atoms with Crippen molar-refractivity contribution in [2.24, 2.45) is 5.92 Å². The average Bonchev–Trinajstić information content (AvgIpc) is 3.36. The fraction of sp³-hybridized carbons (Fsp3) is 0.345. The number of hydrogen-bond donors (Lipinski definition) is 1. The van der Waals surface area contributed by atoms with Gasteiger partial charge in [-0.1, -0.05) is 36.4 Å². The number of carbonyl (C=O) groups excluding carboxylic acids is 2. The van der Waals surface area contributed by atoms with Gasteiger partial charge in [0.25, 0.3) is 5.91 Å². The molecule has 6 rings (SSSR count). The van der Waals surface area contributed by atoms with Gasteiger partial charge in [0.1, 0.15) is 5.65 Å². The number of benzene rings is 2. The molecular formula is C29H30N4O2. The maximum absolute atomic E-state index is 13.4. The fourth-order valence-electron chi connectivity index (χ4n) is 5.93. The lowest BCUT2D eigenvalue weighted by Gasteiger charge is -2.38. The van der Waals surface area contributed by atoms with Crippen LogP contribution in [0.5, 0.6) is 0 Å². The number of hydrogen-bond acceptors (Lipinski definition) is 3. The number of likely N-dealkylation sites (tertiary alicyclic amines) is 2. The molecule has 4 aromatic rings. The maximum Gasteiger partial charge on any atom is 0.254 e. The Morgan fingerprint density at radius 3 is 2.54 bits per heavy atom. The summed E-state index contributed by atoms with van der Waals surface area (Å²) < 4.78 is 0. The number of aromatic amines is 1. The monoisotopic (exact) mass is 466 g/mol. The highest BCUT2D eigenvalue weighted by Crippen LogP contribution is 2.33. The number of H-pyrrole nitrogens is 1. The van der Waals surface area contributed by atoms with Gasteiger partial charge >= 0.3 is 0 Å². The molecule has 2 fully saturated rings. The highest BCUT2D eigenvalue weighted by Gasteiger charge is 2.34. The zero-order chi connectivity index (χ0) is 23.8. The van der Waals surface area contributed by atoms with Crippen LogP contribution in [-0.4, -0.2) is 57.8 Å². The van der Waals surface area contributed by atoms with Crippen LogP contribution in [-0.2, 0) is 4.79 Å². The predicted octanol–water partition coefficient (Wildman–Crippen LogP) is 4.97. The molecule has 2 aromatic heterocycles.